The first-order valence-corrected chi connectivity index (χ1v) is 2.39. The normalized spacial score (nSPS) is 8.50. The summed E-state index contributed by atoms with van der Waals surface area (Å²) in [5, 5.41) is 2.60. The summed E-state index contributed by atoms with van der Waals surface area (Å²) in [6, 6.07) is 0. The maximum Gasteiger partial charge on any atom is 0.104 e. The maximum absolute atomic E-state index is 9.41. The van der Waals surface area contributed by atoms with Crippen LogP contribution in [-0.2, 0) is 4.74 Å². The Kier molecular flexibility index (Phi) is 5.75. The van der Waals surface area contributed by atoms with Crippen LogP contribution in [0.4, 0.5) is 0 Å². The molecule has 0 atom stereocenters. The van der Waals surface area contributed by atoms with Crippen molar-refractivity contribution < 1.29 is 4.74 Å². The van der Waals surface area contributed by atoms with Gasteiger partial charge in [-0.1, -0.05) is 11.3 Å². The summed E-state index contributed by atoms with van der Waals surface area (Å²) in [6.07, 6.45) is 1.63. The molecule has 0 rings (SSSR count). The molecular weight excluding hydrogens is 106 g/mol. The van der Waals surface area contributed by atoms with E-state index in [0.717, 1.165) is 0 Å². The smallest absolute Gasteiger partial charge is 0.104 e. The van der Waals surface area contributed by atoms with Crippen LogP contribution in [0.25, 0.3) is 0 Å². The lowest BCUT2D eigenvalue weighted by Gasteiger charge is -1.91. The van der Waals surface area contributed by atoms with Gasteiger partial charge in [-0.2, -0.15) is 4.91 Å². The van der Waals surface area contributed by atoms with E-state index in [1.807, 2.05) is 0 Å². The largest absolute Gasteiger partial charge is 0.375 e. The van der Waals surface area contributed by atoms with Crippen LogP contribution in [0.3, 0.4) is 0 Å². The number of rotatable bonds is 5. The fraction of sp³-hybridized carbons (Fsp3) is 0.600. The molecule has 0 aromatic rings. The Morgan fingerprint density at radius 2 is 2.50 bits per heavy atom. The third-order valence-electron chi connectivity index (χ3n) is 0.563. The van der Waals surface area contributed by atoms with Crippen LogP contribution in [0.2, 0.25) is 0 Å². The van der Waals surface area contributed by atoms with Gasteiger partial charge in [0.25, 0.3) is 0 Å². The van der Waals surface area contributed by atoms with Crippen molar-refractivity contribution in [3.05, 3.63) is 17.6 Å². The Morgan fingerprint density at radius 3 is 3.00 bits per heavy atom. The second-order valence-electron chi connectivity index (χ2n) is 1.22. The van der Waals surface area contributed by atoms with Gasteiger partial charge in [0, 0.05) is 0 Å². The number of hydrogen-bond acceptors (Lipinski definition) is 3. The molecule has 0 aliphatic rings. The zero-order valence-electron chi connectivity index (χ0n) is 4.67. The molecule has 0 unspecified atom stereocenters. The molecule has 0 N–H and O–H groups in total. The zero-order valence-corrected chi connectivity index (χ0v) is 4.67. The molecule has 0 heterocycles. The molecule has 3 nitrogen and oxygen atoms in total. The molecule has 0 spiro atoms. The fourth-order valence-electron chi connectivity index (χ4n) is 0.268. The lowest BCUT2D eigenvalue weighted by atomic mass is 10.7. The van der Waals surface area contributed by atoms with Crippen LogP contribution < -0.4 is 0 Å². The number of hydrogen-bond donors (Lipinski definition) is 0. The van der Waals surface area contributed by atoms with Crippen molar-refractivity contribution in [2.75, 3.05) is 19.8 Å². The van der Waals surface area contributed by atoms with Gasteiger partial charge >= 0.3 is 0 Å². The lowest BCUT2D eigenvalue weighted by Crippen LogP contribution is -1.96. The highest BCUT2D eigenvalue weighted by Gasteiger charge is 1.80. The molecule has 0 radical (unpaired) electrons. The number of ether oxygens (including phenoxy) is 1. The number of nitrogens with zero attached hydrogens (tertiary/aromatic N) is 1. The second kappa shape index (κ2) is 6.30. The predicted molar refractivity (Wildman–Crippen MR) is 31.7 cm³/mol. The van der Waals surface area contributed by atoms with Crippen molar-refractivity contribution >= 4 is 0 Å². The van der Waals surface area contributed by atoms with E-state index in [9.17, 15) is 4.91 Å². The standard InChI is InChI=1S/C5H9NO2/c1-2-4-8-5-3-6-7/h2H,1,3-5H2. The van der Waals surface area contributed by atoms with Gasteiger partial charge in [-0.3, -0.25) is 0 Å². The zero-order chi connectivity index (χ0) is 6.24. The van der Waals surface area contributed by atoms with Crippen molar-refractivity contribution in [2.45, 2.75) is 0 Å². The summed E-state index contributed by atoms with van der Waals surface area (Å²) < 4.78 is 4.81. The van der Waals surface area contributed by atoms with Gasteiger partial charge in [0.15, 0.2) is 0 Å². The fourth-order valence-corrected chi connectivity index (χ4v) is 0.268. The maximum atomic E-state index is 9.41. The minimum atomic E-state index is 0.230. The third-order valence-corrected chi connectivity index (χ3v) is 0.563. The molecule has 8 heavy (non-hydrogen) atoms. The Balaban J connectivity index is 2.71. The first-order valence-electron chi connectivity index (χ1n) is 2.39. The number of nitroso groups, excluding NO2 is 1. The highest BCUT2D eigenvalue weighted by atomic mass is 16.5. The van der Waals surface area contributed by atoms with Gasteiger partial charge in [0.05, 0.1) is 13.2 Å². The Bertz CT molecular complexity index is 62.8. The van der Waals surface area contributed by atoms with Crippen LogP contribution in [0.1, 0.15) is 0 Å². The van der Waals surface area contributed by atoms with E-state index in [4.69, 9.17) is 4.74 Å². The van der Waals surface area contributed by atoms with E-state index in [0.29, 0.717) is 13.2 Å². The van der Waals surface area contributed by atoms with Crippen molar-refractivity contribution in [1.82, 2.24) is 0 Å². The average molecular weight is 115 g/mol. The van der Waals surface area contributed by atoms with Crippen LogP contribution in [0, 0.1) is 4.91 Å². The molecule has 0 bridgehead atoms. The molecular formula is C5H9NO2. The van der Waals surface area contributed by atoms with E-state index < -0.39 is 0 Å². The van der Waals surface area contributed by atoms with Crippen LogP contribution in [-0.4, -0.2) is 19.8 Å². The summed E-state index contributed by atoms with van der Waals surface area (Å²) in [5.41, 5.74) is 0. The van der Waals surface area contributed by atoms with E-state index in [1.165, 1.54) is 0 Å². The molecule has 0 aliphatic heterocycles. The molecule has 0 aromatic heterocycles. The molecule has 0 amide bonds. The van der Waals surface area contributed by atoms with E-state index in [2.05, 4.69) is 11.8 Å². The van der Waals surface area contributed by atoms with Crippen molar-refractivity contribution in [3.63, 3.8) is 0 Å². The Labute approximate surface area is 48.3 Å². The van der Waals surface area contributed by atoms with Crippen LogP contribution >= 0.6 is 0 Å². The van der Waals surface area contributed by atoms with Gasteiger partial charge in [0.1, 0.15) is 6.54 Å². The first kappa shape index (κ1) is 7.30. The molecule has 0 saturated heterocycles. The van der Waals surface area contributed by atoms with E-state index >= 15 is 0 Å². The summed E-state index contributed by atoms with van der Waals surface area (Å²) >= 11 is 0. The minimum Gasteiger partial charge on any atom is -0.375 e. The summed E-state index contributed by atoms with van der Waals surface area (Å²) in [5.74, 6) is 0. The molecule has 46 valence electrons. The molecule has 0 aliphatic carbocycles. The van der Waals surface area contributed by atoms with E-state index in [-0.39, 0.29) is 6.54 Å². The van der Waals surface area contributed by atoms with Gasteiger partial charge in [0.2, 0.25) is 0 Å². The quantitative estimate of drug-likeness (QED) is 0.304. The first-order chi connectivity index (χ1) is 3.91. The topological polar surface area (TPSA) is 38.7 Å². The van der Waals surface area contributed by atoms with Crippen molar-refractivity contribution in [2.24, 2.45) is 5.18 Å². The minimum absolute atomic E-state index is 0.230. The third kappa shape index (κ3) is 5.30. The molecule has 0 saturated carbocycles. The Hall–Kier alpha value is -0.700. The lowest BCUT2D eigenvalue weighted by molar-refractivity contribution is 0.171. The summed E-state index contributed by atoms with van der Waals surface area (Å²) in [7, 11) is 0. The highest BCUT2D eigenvalue weighted by Crippen LogP contribution is 1.74. The highest BCUT2D eigenvalue weighted by molar-refractivity contribution is 4.63. The average Bonchev–Trinajstić information content (AvgIpc) is 1.81. The van der Waals surface area contributed by atoms with Gasteiger partial charge in [-0.15, -0.1) is 6.58 Å². The Morgan fingerprint density at radius 1 is 1.75 bits per heavy atom. The van der Waals surface area contributed by atoms with Crippen molar-refractivity contribution in [1.29, 1.82) is 0 Å². The van der Waals surface area contributed by atoms with Crippen LogP contribution in [0.5, 0.6) is 0 Å². The van der Waals surface area contributed by atoms with Crippen molar-refractivity contribution in [3.8, 4) is 0 Å². The second-order valence-corrected chi connectivity index (χ2v) is 1.22. The van der Waals surface area contributed by atoms with Gasteiger partial charge in [-0.25, -0.2) is 0 Å². The van der Waals surface area contributed by atoms with Gasteiger partial charge in [-0.05, 0) is 0 Å². The van der Waals surface area contributed by atoms with Crippen LogP contribution in [0.15, 0.2) is 17.8 Å². The molecule has 0 fully saturated rings. The SMILES string of the molecule is C=CCOCCN=O. The molecule has 3 heteroatoms. The predicted octanol–water partition coefficient (Wildman–Crippen LogP) is 0.955. The molecule has 0 aromatic carbocycles. The summed E-state index contributed by atoms with van der Waals surface area (Å²) in [4.78, 5) is 9.41. The van der Waals surface area contributed by atoms with Gasteiger partial charge < -0.3 is 4.74 Å². The van der Waals surface area contributed by atoms with E-state index in [1.54, 1.807) is 6.08 Å². The monoisotopic (exact) mass is 115 g/mol. The summed E-state index contributed by atoms with van der Waals surface area (Å²) in [6.45, 7) is 4.55.